The van der Waals surface area contributed by atoms with Crippen molar-refractivity contribution in [3.63, 3.8) is 0 Å². The van der Waals surface area contributed by atoms with Crippen molar-refractivity contribution >= 4 is 33.2 Å². The van der Waals surface area contributed by atoms with E-state index >= 15 is 0 Å². The lowest BCUT2D eigenvalue weighted by molar-refractivity contribution is -0.139. The number of aromatic nitrogens is 1. The van der Waals surface area contributed by atoms with Crippen LogP contribution in [0, 0.1) is 5.92 Å². The summed E-state index contributed by atoms with van der Waals surface area (Å²) in [5.74, 6) is -1.19. The molecule has 0 saturated carbocycles. The van der Waals surface area contributed by atoms with Gasteiger partial charge in [0.1, 0.15) is 4.90 Å². The van der Waals surface area contributed by atoms with Gasteiger partial charge in [0, 0.05) is 36.9 Å². The number of nitrogens with one attached hydrogen (secondary N) is 2. The van der Waals surface area contributed by atoms with Gasteiger partial charge in [0.2, 0.25) is 10.0 Å². The Hall–Kier alpha value is -2.30. The third kappa shape index (κ3) is 5.15. The number of carbonyl (C=O) groups is 2. The van der Waals surface area contributed by atoms with E-state index in [2.05, 4.69) is 15.6 Å². The second kappa shape index (κ2) is 9.26. The van der Waals surface area contributed by atoms with Gasteiger partial charge in [-0.2, -0.15) is 4.31 Å². The summed E-state index contributed by atoms with van der Waals surface area (Å²) in [6.45, 7) is 1.44. The SMILES string of the molecule is O=C(NCc1cccs1)C(=O)NCC1CCN(S(=O)(=O)c2cccnc2)CC1. The fourth-order valence-corrected chi connectivity index (χ4v) is 5.06. The highest BCUT2D eigenvalue weighted by molar-refractivity contribution is 7.89. The summed E-state index contributed by atoms with van der Waals surface area (Å²) in [5, 5.41) is 7.13. The molecule has 1 aliphatic rings. The number of sulfonamides is 1. The smallest absolute Gasteiger partial charge is 0.309 e. The first kappa shape index (κ1) is 20.4. The van der Waals surface area contributed by atoms with Crippen LogP contribution in [-0.4, -0.2) is 49.2 Å². The van der Waals surface area contributed by atoms with E-state index in [4.69, 9.17) is 0 Å². The molecule has 2 aromatic heterocycles. The Kier molecular flexibility index (Phi) is 6.76. The Morgan fingerprint density at radius 2 is 1.89 bits per heavy atom. The molecule has 150 valence electrons. The quantitative estimate of drug-likeness (QED) is 0.675. The van der Waals surface area contributed by atoms with Crippen molar-refractivity contribution in [2.24, 2.45) is 5.92 Å². The van der Waals surface area contributed by atoms with Gasteiger partial charge in [-0.15, -0.1) is 11.3 Å². The van der Waals surface area contributed by atoms with Crippen molar-refractivity contribution in [3.05, 3.63) is 46.9 Å². The zero-order valence-corrected chi connectivity index (χ0v) is 16.8. The van der Waals surface area contributed by atoms with Gasteiger partial charge < -0.3 is 10.6 Å². The molecule has 0 aliphatic carbocycles. The first-order valence-corrected chi connectivity index (χ1v) is 11.3. The highest BCUT2D eigenvalue weighted by atomic mass is 32.2. The minimum Gasteiger partial charge on any atom is -0.348 e. The van der Waals surface area contributed by atoms with Crippen LogP contribution in [0.25, 0.3) is 0 Å². The standard InChI is InChI=1S/C18H22N4O4S2/c23-17(18(24)21-12-15-3-2-10-27-15)20-11-14-5-8-22(9-6-14)28(25,26)16-4-1-7-19-13-16/h1-4,7,10,13-14H,5-6,8-9,11-12H2,(H,20,23)(H,21,24). The lowest BCUT2D eigenvalue weighted by Gasteiger charge is -2.31. The van der Waals surface area contributed by atoms with Crippen molar-refractivity contribution in [2.45, 2.75) is 24.3 Å². The number of carbonyl (C=O) groups excluding carboxylic acids is 2. The second-order valence-electron chi connectivity index (χ2n) is 6.51. The molecule has 1 aliphatic heterocycles. The Morgan fingerprint density at radius 1 is 1.14 bits per heavy atom. The van der Waals surface area contributed by atoms with Gasteiger partial charge in [0.25, 0.3) is 0 Å². The van der Waals surface area contributed by atoms with Gasteiger partial charge in [-0.3, -0.25) is 14.6 Å². The van der Waals surface area contributed by atoms with Crippen LogP contribution in [0.1, 0.15) is 17.7 Å². The van der Waals surface area contributed by atoms with E-state index in [1.54, 1.807) is 6.07 Å². The van der Waals surface area contributed by atoms with E-state index in [0.717, 1.165) is 4.88 Å². The molecule has 0 atom stereocenters. The van der Waals surface area contributed by atoms with Crippen LogP contribution in [0.2, 0.25) is 0 Å². The fraction of sp³-hybridized carbons (Fsp3) is 0.389. The lowest BCUT2D eigenvalue weighted by Crippen LogP contribution is -2.44. The Labute approximate surface area is 168 Å². The molecule has 0 spiro atoms. The van der Waals surface area contributed by atoms with Gasteiger partial charge in [0.05, 0.1) is 6.54 Å². The molecule has 2 amide bonds. The zero-order valence-electron chi connectivity index (χ0n) is 15.2. The summed E-state index contributed by atoms with van der Waals surface area (Å²) in [7, 11) is -3.54. The molecule has 2 aromatic rings. The average Bonchev–Trinajstić information content (AvgIpc) is 3.25. The number of hydrogen-bond acceptors (Lipinski definition) is 6. The predicted octanol–water partition coefficient (Wildman–Crippen LogP) is 0.976. The molecule has 3 heterocycles. The van der Waals surface area contributed by atoms with Gasteiger partial charge in [-0.25, -0.2) is 8.42 Å². The molecule has 0 aromatic carbocycles. The second-order valence-corrected chi connectivity index (χ2v) is 9.48. The average molecular weight is 423 g/mol. The fourth-order valence-electron chi connectivity index (χ4n) is 2.98. The maximum atomic E-state index is 12.6. The molecule has 2 N–H and O–H groups in total. The van der Waals surface area contributed by atoms with E-state index in [0.29, 0.717) is 39.0 Å². The molecule has 0 unspecified atom stereocenters. The Balaban J connectivity index is 1.42. The van der Waals surface area contributed by atoms with Crippen LogP contribution in [-0.2, 0) is 26.2 Å². The maximum Gasteiger partial charge on any atom is 0.309 e. The van der Waals surface area contributed by atoms with Crippen molar-refractivity contribution in [3.8, 4) is 0 Å². The van der Waals surface area contributed by atoms with E-state index in [1.165, 1.54) is 34.1 Å². The molecule has 1 fully saturated rings. The number of pyridine rings is 1. The van der Waals surface area contributed by atoms with E-state index in [-0.39, 0.29) is 10.8 Å². The zero-order chi connectivity index (χ0) is 20.0. The molecule has 28 heavy (non-hydrogen) atoms. The summed E-state index contributed by atoms with van der Waals surface area (Å²) in [4.78, 5) is 28.8. The van der Waals surface area contributed by atoms with Gasteiger partial charge in [0.15, 0.2) is 0 Å². The molecule has 10 heteroatoms. The normalized spacial score (nSPS) is 15.9. The Morgan fingerprint density at radius 3 is 2.54 bits per heavy atom. The number of piperidine rings is 1. The van der Waals surface area contributed by atoms with Gasteiger partial charge in [-0.1, -0.05) is 6.07 Å². The first-order valence-electron chi connectivity index (χ1n) is 8.95. The molecule has 0 radical (unpaired) electrons. The number of thiophene rings is 1. The third-order valence-electron chi connectivity index (χ3n) is 4.61. The Bertz CT molecular complexity index is 893. The third-order valence-corrected chi connectivity index (χ3v) is 7.37. The number of amides is 2. The van der Waals surface area contributed by atoms with Gasteiger partial charge in [-0.05, 0) is 42.3 Å². The van der Waals surface area contributed by atoms with E-state index in [9.17, 15) is 18.0 Å². The minimum absolute atomic E-state index is 0.134. The molecular formula is C18H22N4O4S2. The molecule has 8 nitrogen and oxygen atoms in total. The molecule has 3 rings (SSSR count). The van der Waals surface area contributed by atoms with Crippen LogP contribution >= 0.6 is 11.3 Å². The van der Waals surface area contributed by atoms with Crippen LogP contribution in [0.5, 0.6) is 0 Å². The van der Waals surface area contributed by atoms with Gasteiger partial charge >= 0.3 is 11.8 Å². The highest BCUT2D eigenvalue weighted by Crippen LogP contribution is 2.22. The van der Waals surface area contributed by atoms with Crippen molar-refractivity contribution in [1.82, 2.24) is 19.9 Å². The van der Waals surface area contributed by atoms with Crippen molar-refractivity contribution < 1.29 is 18.0 Å². The van der Waals surface area contributed by atoms with Crippen LogP contribution in [0.3, 0.4) is 0 Å². The van der Waals surface area contributed by atoms with Crippen molar-refractivity contribution in [2.75, 3.05) is 19.6 Å². The first-order chi connectivity index (χ1) is 13.5. The molecular weight excluding hydrogens is 400 g/mol. The lowest BCUT2D eigenvalue weighted by atomic mass is 9.98. The summed E-state index contributed by atoms with van der Waals surface area (Å²) in [6, 6.07) is 6.89. The van der Waals surface area contributed by atoms with Crippen LogP contribution < -0.4 is 10.6 Å². The summed E-state index contributed by atoms with van der Waals surface area (Å²) in [5.41, 5.74) is 0. The number of rotatable bonds is 6. The molecule has 0 bridgehead atoms. The summed E-state index contributed by atoms with van der Waals surface area (Å²) < 4.78 is 26.6. The topological polar surface area (TPSA) is 108 Å². The monoisotopic (exact) mass is 422 g/mol. The van der Waals surface area contributed by atoms with E-state index < -0.39 is 21.8 Å². The van der Waals surface area contributed by atoms with Crippen LogP contribution in [0.4, 0.5) is 0 Å². The predicted molar refractivity (Wildman–Crippen MR) is 105 cm³/mol. The summed E-state index contributed by atoms with van der Waals surface area (Å²) >= 11 is 1.51. The van der Waals surface area contributed by atoms with E-state index in [1.807, 2.05) is 17.5 Å². The van der Waals surface area contributed by atoms with Crippen molar-refractivity contribution in [1.29, 1.82) is 0 Å². The highest BCUT2D eigenvalue weighted by Gasteiger charge is 2.29. The minimum atomic E-state index is -3.54. The maximum absolute atomic E-state index is 12.6. The van der Waals surface area contributed by atoms with Crippen LogP contribution in [0.15, 0.2) is 46.9 Å². The largest absolute Gasteiger partial charge is 0.348 e. The molecule has 1 saturated heterocycles. The number of nitrogens with zero attached hydrogens (tertiary/aromatic N) is 2. The number of hydrogen-bond donors (Lipinski definition) is 2. The summed E-state index contributed by atoms with van der Waals surface area (Å²) in [6.07, 6.45) is 4.12.